The Bertz CT molecular complexity index is 1030. The van der Waals surface area contributed by atoms with Crippen LogP contribution in [0, 0.1) is 17.0 Å². The molecular formula is C20H24N2O6S. The molecule has 0 atom stereocenters. The van der Waals surface area contributed by atoms with E-state index in [1.807, 2.05) is 13.8 Å². The molecule has 0 fully saturated rings. The lowest BCUT2D eigenvalue weighted by Gasteiger charge is -2.16. The lowest BCUT2D eigenvalue weighted by Crippen LogP contribution is -2.20. The summed E-state index contributed by atoms with van der Waals surface area (Å²) >= 11 is 0. The number of amides is 1. The van der Waals surface area contributed by atoms with E-state index < -0.39 is 25.9 Å². The normalized spacial score (nSPS) is 11.3. The Kier molecular flexibility index (Phi) is 6.97. The summed E-state index contributed by atoms with van der Waals surface area (Å²) in [6.07, 6.45) is 0.962. The van der Waals surface area contributed by atoms with E-state index in [0.29, 0.717) is 24.2 Å². The van der Waals surface area contributed by atoms with Crippen molar-refractivity contribution in [2.24, 2.45) is 0 Å². The summed E-state index contributed by atoms with van der Waals surface area (Å²) in [6.45, 7) is 5.17. The van der Waals surface area contributed by atoms with Crippen molar-refractivity contribution in [3.63, 3.8) is 0 Å². The Hall–Kier alpha value is -2.94. The van der Waals surface area contributed by atoms with Gasteiger partial charge in [-0.15, -0.1) is 0 Å². The largest absolute Gasteiger partial charge is 0.495 e. The molecule has 2 aromatic carbocycles. The van der Waals surface area contributed by atoms with Gasteiger partial charge in [-0.05, 0) is 50.1 Å². The molecular weight excluding hydrogens is 396 g/mol. The van der Waals surface area contributed by atoms with Gasteiger partial charge in [-0.1, -0.05) is 13.8 Å². The first-order valence-corrected chi connectivity index (χ1v) is 10.7. The van der Waals surface area contributed by atoms with Crippen LogP contribution in [0.15, 0.2) is 41.3 Å². The molecule has 2 rings (SSSR count). The maximum absolute atomic E-state index is 12.8. The van der Waals surface area contributed by atoms with E-state index >= 15 is 0 Å². The first kappa shape index (κ1) is 22.4. The highest BCUT2D eigenvalue weighted by molar-refractivity contribution is 7.92. The van der Waals surface area contributed by atoms with Crippen LogP contribution < -0.4 is 10.1 Å². The second-order valence-electron chi connectivity index (χ2n) is 6.56. The number of ether oxygens (including phenoxy) is 1. The van der Waals surface area contributed by atoms with Crippen LogP contribution in [0.4, 0.5) is 11.4 Å². The Morgan fingerprint density at radius 2 is 1.83 bits per heavy atom. The second-order valence-corrected chi connectivity index (χ2v) is 8.79. The van der Waals surface area contributed by atoms with Crippen molar-refractivity contribution in [3.05, 3.63) is 57.6 Å². The molecule has 0 spiro atoms. The van der Waals surface area contributed by atoms with Gasteiger partial charge in [0.1, 0.15) is 5.75 Å². The molecule has 156 valence electrons. The van der Waals surface area contributed by atoms with Gasteiger partial charge in [-0.25, -0.2) is 8.42 Å². The van der Waals surface area contributed by atoms with Crippen molar-refractivity contribution >= 4 is 27.1 Å². The molecule has 1 amide bonds. The molecule has 0 aliphatic carbocycles. The SMILES string of the molecule is CCC(CC)S(=O)(=O)c1ccc(OC)c(NC(=O)c2ccc([N+](=O)[O-])c(C)c2)c1. The van der Waals surface area contributed by atoms with Crippen LogP contribution >= 0.6 is 0 Å². The van der Waals surface area contributed by atoms with Gasteiger partial charge in [-0.2, -0.15) is 0 Å². The van der Waals surface area contributed by atoms with Crippen LogP contribution in [0.3, 0.4) is 0 Å². The molecule has 0 saturated heterocycles. The summed E-state index contributed by atoms with van der Waals surface area (Å²) in [6, 6.07) is 8.34. The van der Waals surface area contributed by atoms with Gasteiger partial charge in [0.15, 0.2) is 9.84 Å². The Morgan fingerprint density at radius 3 is 2.34 bits per heavy atom. The molecule has 9 heteroatoms. The molecule has 0 aliphatic rings. The number of anilines is 1. The fourth-order valence-corrected chi connectivity index (χ4v) is 4.88. The van der Waals surface area contributed by atoms with Gasteiger partial charge in [0.2, 0.25) is 0 Å². The van der Waals surface area contributed by atoms with Gasteiger partial charge in [-0.3, -0.25) is 14.9 Å². The summed E-state index contributed by atoms with van der Waals surface area (Å²) in [5.41, 5.74) is 0.681. The van der Waals surface area contributed by atoms with E-state index in [9.17, 15) is 23.3 Å². The Balaban J connectivity index is 2.40. The minimum Gasteiger partial charge on any atom is -0.495 e. The number of nitro groups is 1. The third-order valence-corrected chi connectivity index (χ3v) is 7.21. The van der Waals surface area contributed by atoms with E-state index in [-0.39, 0.29) is 21.8 Å². The molecule has 0 bridgehead atoms. The fourth-order valence-electron chi connectivity index (χ4n) is 3.08. The number of hydrogen-bond acceptors (Lipinski definition) is 6. The molecule has 8 nitrogen and oxygen atoms in total. The summed E-state index contributed by atoms with van der Waals surface area (Å²) in [5.74, 6) is -0.223. The number of nitro benzene ring substituents is 1. The van der Waals surface area contributed by atoms with E-state index in [0.717, 1.165) is 0 Å². The predicted molar refractivity (Wildman–Crippen MR) is 110 cm³/mol. The number of sulfone groups is 1. The summed E-state index contributed by atoms with van der Waals surface area (Å²) < 4.78 is 30.9. The maximum Gasteiger partial charge on any atom is 0.272 e. The fraction of sp³-hybridized carbons (Fsp3) is 0.350. The molecule has 0 radical (unpaired) electrons. The molecule has 0 aliphatic heterocycles. The van der Waals surface area contributed by atoms with E-state index in [4.69, 9.17) is 4.74 Å². The van der Waals surface area contributed by atoms with Crippen molar-refractivity contribution in [1.29, 1.82) is 0 Å². The maximum atomic E-state index is 12.8. The first-order chi connectivity index (χ1) is 13.6. The van der Waals surface area contributed by atoms with Gasteiger partial charge in [0.05, 0.1) is 27.9 Å². The van der Waals surface area contributed by atoms with Crippen LogP contribution in [0.1, 0.15) is 42.6 Å². The second kappa shape index (κ2) is 9.04. The number of methoxy groups -OCH3 is 1. The number of hydrogen-bond donors (Lipinski definition) is 1. The lowest BCUT2D eigenvalue weighted by molar-refractivity contribution is -0.385. The van der Waals surface area contributed by atoms with E-state index in [1.165, 1.54) is 43.5 Å². The molecule has 0 unspecified atom stereocenters. The molecule has 29 heavy (non-hydrogen) atoms. The van der Waals surface area contributed by atoms with Crippen molar-refractivity contribution in [2.45, 2.75) is 43.8 Å². The number of rotatable bonds is 8. The van der Waals surface area contributed by atoms with Crippen molar-refractivity contribution < 1.29 is 22.9 Å². The molecule has 0 heterocycles. The summed E-state index contributed by atoms with van der Waals surface area (Å²) in [5, 5.41) is 13.1. The van der Waals surface area contributed by atoms with Crippen LogP contribution in [0.2, 0.25) is 0 Å². The lowest BCUT2D eigenvalue weighted by atomic mass is 10.1. The molecule has 0 aromatic heterocycles. The number of aryl methyl sites for hydroxylation is 1. The van der Waals surface area contributed by atoms with Crippen molar-refractivity contribution in [2.75, 3.05) is 12.4 Å². The van der Waals surface area contributed by atoms with Crippen molar-refractivity contribution in [1.82, 2.24) is 0 Å². The number of carbonyl (C=O) groups is 1. The van der Waals surface area contributed by atoms with Gasteiger partial charge >= 0.3 is 0 Å². The highest BCUT2D eigenvalue weighted by atomic mass is 32.2. The Labute approximate surface area is 170 Å². The van der Waals surface area contributed by atoms with E-state index in [2.05, 4.69) is 5.32 Å². The molecule has 2 aromatic rings. The van der Waals surface area contributed by atoms with Crippen LogP contribution in [0.25, 0.3) is 0 Å². The summed E-state index contributed by atoms with van der Waals surface area (Å²) in [7, 11) is -2.14. The molecule has 1 N–H and O–H groups in total. The minimum absolute atomic E-state index is 0.0857. The standard InChI is InChI=1S/C20H24N2O6S/c1-5-15(6-2)29(26,27)16-8-10-19(28-4)17(12-16)21-20(23)14-7-9-18(22(24)25)13(3)11-14/h7-12,15H,5-6H2,1-4H3,(H,21,23). The molecule has 0 saturated carbocycles. The average molecular weight is 420 g/mol. The summed E-state index contributed by atoms with van der Waals surface area (Å²) in [4.78, 5) is 23.2. The first-order valence-electron chi connectivity index (χ1n) is 9.14. The zero-order valence-electron chi connectivity index (χ0n) is 16.8. The number of nitrogens with one attached hydrogen (secondary N) is 1. The topological polar surface area (TPSA) is 116 Å². The van der Waals surface area contributed by atoms with Crippen LogP contribution in [0.5, 0.6) is 5.75 Å². The van der Waals surface area contributed by atoms with Crippen LogP contribution in [-0.4, -0.2) is 31.6 Å². The van der Waals surface area contributed by atoms with Crippen LogP contribution in [-0.2, 0) is 9.84 Å². The number of nitrogens with zero attached hydrogens (tertiary/aromatic N) is 1. The monoisotopic (exact) mass is 420 g/mol. The van der Waals surface area contributed by atoms with Gasteiger partial charge in [0.25, 0.3) is 11.6 Å². The van der Waals surface area contributed by atoms with Crippen molar-refractivity contribution in [3.8, 4) is 5.75 Å². The Morgan fingerprint density at radius 1 is 1.17 bits per heavy atom. The van der Waals surface area contributed by atoms with E-state index in [1.54, 1.807) is 6.92 Å². The minimum atomic E-state index is -3.55. The highest BCUT2D eigenvalue weighted by Gasteiger charge is 2.26. The quantitative estimate of drug-likeness (QED) is 0.507. The van der Waals surface area contributed by atoms with Gasteiger partial charge in [0, 0.05) is 17.2 Å². The zero-order valence-corrected chi connectivity index (χ0v) is 17.6. The highest BCUT2D eigenvalue weighted by Crippen LogP contribution is 2.31. The van der Waals surface area contributed by atoms with Gasteiger partial charge < -0.3 is 10.1 Å². The third kappa shape index (κ3) is 4.73. The smallest absolute Gasteiger partial charge is 0.272 e. The number of benzene rings is 2. The third-order valence-electron chi connectivity index (χ3n) is 4.75. The zero-order chi connectivity index (χ0) is 21.8. The average Bonchev–Trinajstić information content (AvgIpc) is 2.68. The predicted octanol–water partition coefficient (Wildman–Crippen LogP) is 4.13. The number of carbonyl (C=O) groups excluding carboxylic acids is 1.